The molecule has 0 unspecified atom stereocenters. The van der Waals surface area contributed by atoms with Crippen molar-refractivity contribution >= 4 is 11.7 Å². The normalized spacial score (nSPS) is 29.6. The molecule has 0 aromatic rings. The third kappa shape index (κ3) is 5.35. The first-order chi connectivity index (χ1) is 13.4. The quantitative estimate of drug-likeness (QED) is 0.694. The SMILES string of the molecule is COC1(CCC2CCN(C(=O)C3CCC(C(C)=O)CC3)CC2)CCN(C)CC1. The van der Waals surface area contributed by atoms with E-state index in [9.17, 15) is 9.59 Å². The molecule has 160 valence electrons. The van der Waals surface area contributed by atoms with Crippen molar-refractivity contribution in [2.24, 2.45) is 17.8 Å². The molecule has 1 saturated carbocycles. The Labute approximate surface area is 171 Å². The molecule has 0 radical (unpaired) electrons. The van der Waals surface area contributed by atoms with Gasteiger partial charge in [-0.2, -0.15) is 0 Å². The average Bonchev–Trinajstić information content (AvgIpc) is 2.73. The van der Waals surface area contributed by atoms with Gasteiger partial charge in [0.05, 0.1) is 5.60 Å². The summed E-state index contributed by atoms with van der Waals surface area (Å²) in [4.78, 5) is 28.9. The summed E-state index contributed by atoms with van der Waals surface area (Å²) < 4.78 is 5.97. The number of carbonyl (C=O) groups is 2. The second-order valence-corrected chi connectivity index (χ2v) is 9.66. The zero-order valence-electron chi connectivity index (χ0n) is 18.3. The molecule has 0 bridgehead atoms. The summed E-state index contributed by atoms with van der Waals surface area (Å²) in [5.74, 6) is 1.73. The molecule has 0 aromatic heterocycles. The first-order valence-corrected chi connectivity index (χ1v) is 11.5. The fraction of sp³-hybridized carbons (Fsp3) is 0.913. The molecule has 1 aliphatic carbocycles. The number of Topliss-reactive ketones (excluding diaryl/α,β-unsaturated/α-hetero) is 1. The number of ketones is 1. The van der Waals surface area contributed by atoms with Crippen LogP contribution in [0, 0.1) is 17.8 Å². The molecule has 5 nitrogen and oxygen atoms in total. The van der Waals surface area contributed by atoms with Crippen LogP contribution < -0.4 is 0 Å². The highest BCUT2D eigenvalue weighted by Crippen LogP contribution is 2.35. The van der Waals surface area contributed by atoms with Crippen molar-refractivity contribution in [1.29, 1.82) is 0 Å². The van der Waals surface area contributed by atoms with Gasteiger partial charge in [-0.05, 0) is 84.1 Å². The molecular weight excluding hydrogens is 352 g/mol. The molecule has 3 aliphatic rings. The fourth-order valence-corrected chi connectivity index (χ4v) is 5.50. The summed E-state index contributed by atoms with van der Waals surface area (Å²) in [5, 5.41) is 0. The van der Waals surface area contributed by atoms with Gasteiger partial charge < -0.3 is 14.5 Å². The zero-order valence-corrected chi connectivity index (χ0v) is 18.3. The number of amides is 1. The van der Waals surface area contributed by atoms with Gasteiger partial charge in [0.25, 0.3) is 0 Å². The smallest absolute Gasteiger partial charge is 0.225 e. The summed E-state index contributed by atoms with van der Waals surface area (Å²) in [7, 11) is 4.08. The molecule has 2 aliphatic heterocycles. The molecule has 5 heteroatoms. The van der Waals surface area contributed by atoms with Gasteiger partial charge in [-0.1, -0.05) is 0 Å². The fourth-order valence-electron chi connectivity index (χ4n) is 5.50. The van der Waals surface area contributed by atoms with Crippen LogP contribution in [0.15, 0.2) is 0 Å². The molecule has 0 aromatic carbocycles. The molecular formula is C23H40N2O3. The van der Waals surface area contributed by atoms with Crippen LogP contribution in [0.3, 0.4) is 0 Å². The third-order valence-corrected chi connectivity index (χ3v) is 7.92. The molecule has 1 amide bonds. The lowest BCUT2D eigenvalue weighted by Crippen LogP contribution is -2.45. The van der Waals surface area contributed by atoms with E-state index in [0.717, 1.165) is 89.9 Å². The van der Waals surface area contributed by atoms with Crippen molar-refractivity contribution in [1.82, 2.24) is 9.80 Å². The minimum atomic E-state index is 0.0782. The number of rotatable bonds is 6. The summed E-state index contributed by atoms with van der Waals surface area (Å²) >= 11 is 0. The van der Waals surface area contributed by atoms with Crippen molar-refractivity contribution in [3.05, 3.63) is 0 Å². The lowest BCUT2D eigenvalue weighted by atomic mass is 9.79. The highest BCUT2D eigenvalue weighted by atomic mass is 16.5. The Balaban J connectivity index is 1.39. The van der Waals surface area contributed by atoms with E-state index in [1.807, 2.05) is 7.11 Å². The van der Waals surface area contributed by atoms with E-state index in [4.69, 9.17) is 4.74 Å². The Kier molecular flexibility index (Phi) is 7.54. The lowest BCUT2D eigenvalue weighted by Gasteiger charge is -2.41. The van der Waals surface area contributed by atoms with E-state index in [1.54, 1.807) is 6.92 Å². The standard InChI is InChI=1S/C23H40N2O3/c1-18(26)20-4-6-21(7-5-20)22(27)25-14-9-19(10-15-25)8-11-23(28-3)12-16-24(2)17-13-23/h19-21H,4-17H2,1-3H3. The van der Waals surface area contributed by atoms with Crippen molar-refractivity contribution in [3.63, 3.8) is 0 Å². The molecule has 0 spiro atoms. The first-order valence-electron chi connectivity index (χ1n) is 11.5. The van der Waals surface area contributed by atoms with Crippen molar-refractivity contribution in [2.45, 2.75) is 76.7 Å². The van der Waals surface area contributed by atoms with Gasteiger partial charge in [0.1, 0.15) is 5.78 Å². The van der Waals surface area contributed by atoms with Crippen LogP contribution in [0.2, 0.25) is 0 Å². The van der Waals surface area contributed by atoms with Crippen LogP contribution in [-0.4, -0.2) is 67.4 Å². The van der Waals surface area contributed by atoms with Gasteiger partial charge in [0.2, 0.25) is 5.91 Å². The van der Waals surface area contributed by atoms with Crippen LogP contribution in [0.1, 0.15) is 71.1 Å². The topological polar surface area (TPSA) is 49.9 Å². The van der Waals surface area contributed by atoms with Crippen molar-refractivity contribution in [2.75, 3.05) is 40.3 Å². The number of likely N-dealkylation sites (tertiary alicyclic amines) is 2. The Bertz CT molecular complexity index is 526. The number of carbonyl (C=O) groups excluding carboxylic acids is 2. The van der Waals surface area contributed by atoms with Gasteiger partial charge >= 0.3 is 0 Å². The van der Waals surface area contributed by atoms with Crippen molar-refractivity contribution < 1.29 is 14.3 Å². The van der Waals surface area contributed by atoms with E-state index < -0.39 is 0 Å². The molecule has 3 rings (SSSR count). The van der Waals surface area contributed by atoms with Crippen LogP contribution >= 0.6 is 0 Å². The van der Waals surface area contributed by atoms with E-state index in [1.165, 1.54) is 6.42 Å². The average molecular weight is 393 g/mol. The summed E-state index contributed by atoms with van der Waals surface area (Å²) in [5.41, 5.74) is 0.0782. The summed E-state index contributed by atoms with van der Waals surface area (Å²) in [6.07, 6.45) is 10.5. The number of piperidine rings is 2. The number of methoxy groups -OCH3 is 1. The van der Waals surface area contributed by atoms with Gasteiger partial charge in [0.15, 0.2) is 0 Å². The number of nitrogens with zero attached hydrogens (tertiary/aromatic N) is 2. The number of ether oxygens (including phenoxy) is 1. The minimum absolute atomic E-state index is 0.0782. The van der Waals surface area contributed by atoms with Crippen LogP contribution in [0.4, 0.5) is 0 Å². The first kappa shape index (κ1) is 21.8. The van der Waals surface area contributed by atoms with Crippen LogP contribution in [0.5, 0.6) is 0 Å². The second kappa shape index (κ2) is 9.71. The third-order valence-electron chi connectivity index (χ3n) is 7.92. The van der Waals surface area contributed by atoms with Gasteiger partial charge in [-0.15, -0.1) is 0 Å². The monoisotopic (exact) mass is 392 g/mol. The van der Waals surface area contributed by atoms with Crippen LogP contribution in [-0.2, 0) is 14.3 Å². The maximum atomic E-state index is 12.9. The van der Waals surface area contributed by atoms with Crippen molar-refractivity contribution in [3.8, 4) is 0 Å². The van der Waals surface area contributed by atoms with E-state index in [0.29, 0.717) is 11.7 Å². The molecule has 2 heterocycles. The highest BCUT2D eigenvalue weighted by molar-refractivity contribution is 5.81. The lowest BCUT2D eigenvalue weighted by molar-refractivity contribution is -0.139. The molecule has 3 fully saturated rings. The van der Waals surface area contributed by atoms with E-state index in [2.05, 4.69) is 16.8 Å². The summed E-state index contributed by atoms with van der Waals surface area (Å²) in [6, 6.07) is 0. The second-order valence-electron chi connectivity index (χ2n) is 9.66. The van der Waals surface area contributed by atoms with E-state index in [-0.39, 0.29) is 17.4 Å². The summed E-state index contributed by atoms with van der Waals surface area (Å²) in [6.45, 7) is 5.79. The van der Waals surface area contributed by atoms with Crippen LogP contribution in [0.25, 0.3) is 0 Å². The Morgan fingerprint density at radius 2 is 1.50 bits per heavy atom. The number of hydrogen-bond donors (Lipinski definition) is 0. The van der Waals surface area contributed by atoms with Gasteiger partial charge in [-0.3, -0.25) is 9.59 Å². The maximum Gasteiger partial charge on any atom is 0.225 e. The Morgan fingerprint density at radius 1 is 0.929 bits per heavy atom. The largest absolute Gasteiger partial charge is 0.378 e. The molecule has 2 saturated heterocycles. The zero-order chi connectivity index (χ0) is 20.1. The molecule has 0 atom stereocenters. The Morgan fingerprint density at radius 3 is 2.04 bits per heavy atom. The molecule has 0 N–H and O–H groups in total. The molecule has 28 heavy (non-hydrogen) atoms. The predicted molar refractivity (Wildman–Crippen MR) is 111 cm³/mol. The van der Waals surface area contributed by atoms with Gasteiger partial charge in [-0.25, -0.2) is 0 Å². The maximum absolute atomic E-state index is 12.9. The predicted octanol–water partition coefficient (Wildman–Crippen LogP) is 3.51. The van der Waals surface area contributed by atoms with Gasteiger partial charge in [0, 0.05) is 45.1 Å². The van der Waals surface area contributed by atoms with E-state index >= 15 is 0 Å². The Hall–Kier alpha value is -0.940. The highest BCUT2D eigenvalue weighted by Gasteiger charge is 2.36. The number of hydrogen-bond acceptors (Lipinski definition) is 4. The minimum Gasteiger partial charge on any atom is -0.378 e.